The molecule has 0 N–H and O–H groups in total. The first-order chi connectivity index (χ1) is 9.35. The average Bonchev–Trinajstić information content (AvgIpc) is 2.44. The Hall–Kier alpha value is -1.37. The van der Waals surface area contributed by atoms with Crippen molar-refractivity contribution >= 4 is 0 Å². The third-order valence-electron chi connectivity index (χ3n) is 3.47. The van der Waals surface area contributed by atoms with Gasteiger partial charge in [-0.1, -0.05) is 38.3 Å². The molecule has 1 aliphatic heterocycles. The maximum Gasteiger partial charge on any atom is 0.0998 e. The zero-order valence-electron chi connectivity index (χ0n) is 11.5. The van der Waals surface area contributed by atoms with E-state index in [0.29, 0.717) is 6.10 Å². The molecule has 0 aromatic carbocycles. The fourth-order valence-electron chi connectivity index (χ4n) is 2.21. The maximum atomic E-state index is 8.32. The van der Waals surface area contributed by atoms with Crippen molar-refractivity contribution in [3.05, 3.63) is 34.2 Å². The van der Waals surface area contributed by atoms with Gasteiger partial charge in [0.15, 0.2) is 0 Å². The van der Waals surface area contributed by atoms with Crippen molar-refractivity contribution in [1.29, 1.82) is 5.26 Å². The van der Waals surface area contributed by atoms with Crippen molar-refractivity contribution in [1.82, 2.24) is 0 Å². The molecule has 0 bridgehead atoms. The highest BCUT2D eigenvalue weighted by molar-refractivity contribution is 5.41. The second-order valence-electron chi connectivity index (χ2n) is 4.94. The molecular formula is C16H21NO2. The second kappa shape index (κ2) is 7.28. The van der Waals surface area contributed by atoms with Gasteiger partial charge in [0.2, 0.25) is 0 Å². The van der Waals surface area contributed by atoms with Crippen LogP contribution in [-0.4, -0.2) is 25.9 Å². The minimum atomic E-state index is 0.385. The molecule has 0 spiro atoms. The van der Waals surface area contributed by atoms with E-state index >= 15 is 0 Å². The van der Waals surface area contributed by atoms with Gasteiger partial charge >= 0.3 is 0 Å². The Morgan fingerprint density at radius 3 is 2.63 bits per heavy atom. The van der Waals surface area contributed by atoms with Gasteiger partial charge in [-0.3, -0.25) is 0 Å². The maximum absolute atomic E-state index is 8.32. The van der Waals surface area contributed by atoms with Gasteiger partial charge < -0.3 is 9.47 Å². The van der Waals surface area contributed by atoms with Crippen LogP contribution < -0.4 is 0 Å². The first-order valence-corrected chi connectivity index (χ1v) is 7.09. The van der Waals surface area contributed by atoms with Crippen LogP contribution in [0.5, 0.6) is 0 Å². The molecule has 3 nitrogen and oxygen atoms in total. The van der Waals surface area contributed by atoms with Crippen LogP contribution >= 0.6 is 0 Å². The van der Waals surface area contributed by atoms with Gasteiger partial charge in [0.1, 0.15) is 0 Å². The normalized spacial score (nSPS) is 19.1. The standard InChI is InChI=1S/C9H18O2.C7H3N/c1-2-3-4-5-9-8-10-6-7-11-9;8-4-6-3-5-1-2-7(5)6/h9H,2-8H2,1H3;1-3H. The highest BCUT2D eigenvalue weighted by Gasteiger charge is 2.12. The Bertz CT molecular complexity index is 527. The molecule has 3 aliphatic rings. The molecule has 0 aromatic heterocycles. The van der Waals surface area contributed by atoms with Crippen molar-refractivity contribution in [3.63, 3.8) is 0 Å². The van der Waals surface area contributed by atoms with E-state index in [-0.39, 0.29) is 0 Å². The molecule has 1 heterocycles. The van der Waals surface area contributed by atoms with Gasteiger partial charge in [0.05, 0.1) is 37.6 Å². The van der Waals surface area contributed by atoms with Gasteiger partial charge in [-0.2, -0.15) is 5.26 Å². The fourth-order valence-corrected chi connectivity index (χ4v) is 2.21. The van der Waals surface area contributed by atoms with E-state index in [4.69, 9.17) is 14.7 Å². The summed E-state index contributed by atoms with van der Waals surface area (Å²) in [4.78, 5) is 0. The van der Waals surface area contributed by atoms with Crippen LogP contribution in [0.1, 0.15) is 38.2 Å². The number of hydrogen-bond donors (Lipinski definition) is 0. The lowest BCUT2D eigenvalue weighted by molar-refractivity contribution is -0.0912. The molecule has 0 saturated carbocycles. The highest BCUT2D eigenvalue weighted by Crippen LogP contribution is 2.13. The lowest BCUT2D eigenvalue weighted by atomic mass is 10.0. The summed E-state index contributed by atoms with van der Waals surface area (Å²) in [5, 5.41) is 10.7. The SMILES string of the molecule is CCCCCC1COCCO1.N#Cc1cc2ccc1=2. The molecule has 102 valence electrons. The Morgan fingerprint density at radius 2 is 2.21 bits per heavy atom. The van der Waals surface area contributed by atoms with Crippen LogP contribution in [0.15, 0.2) is 18.2 Å². The Labute approximate surface area is 114 Å². The molecule has 0 radical (unpaired) electrons. The zero-order valence-corrected chi connectivity index (χ0v) is 11.5. The zero-order chi connectivity index (χ0) is 13.5. The first kappa shape index (κ1) is 14.0. The van der Waals surface area contributed by atoms with Gasteiger partial charge in [-0.15, -0.1) is 0 Å². The minimum Gasteiger partial charge on any atom is -0.376 e. The number of benzene rings is 1. The monoisotopic (exact) mass is 259 g/mol. The summed E-state index contributed by atoms with van der Waals surface area (Å²) < 4.78 is 10.8. The molecule has 1 unspecified atom stereocenters. The van der Waals surface area contributed by atoms with Gasteiger partial charge in [0, 0.05) is 0 Å². The largest absolute Gasteiger partial charge is 0.376 e. The molecule has 19 heavy (non-hydrogen) atoms. The van der Waals surface area contributed by atoms with Crippen molar-refractivity contribution in [3.8, 4) is 6.07 Å². The van der Waals surface area contributed by atoms with E-state index in [1.807, 2.05) is 18.2 Å². The van der Waals surface area contributed by atoms with Crippen LogP contribution in [0.25, 0.3) is 0 Å². The van der Waals surface area contributed by atoms with Gasteiger partial charge in [-0.25, -0.2) is 0 Å². The van der Waals surface area contributed by atoms with Crippen molar-refractivity contribution < 1.29 is 9.47 Å². The lowest BCUT2D eigenvalue weighted by Crippen LogP contribution is -2.28. The number of hydrogen-bond acceptors (Lipinski definition) is 3. The van der Waals surface area contributed by atoms with Crippen LogP contribution in [-0.2, 0) is 9.47 Å². The summed E-state index contributed by atoms with van der Waals surface area (Å²) in [6.07, 6.45) is 5.45. The summed E-state index contributed by atoms with van der Waals surface area (Å²) in [5.41, 5.74) is 0.836. The molecule has 3 heteroatoms. The third-order valence-corrected chi connectivity index (χ3v) is 3.47. The number of ether oxygens (including phenoxy) is 2. The molecule has 3 rings (SSSR count). The van der Waals surface area contributed by atoms with Crippen molar-refractivity contribution in [2.75, 3.05) is 19.8 Å². The third kappa shape index (κ3) is 3.79. The van der Waals surface area contributed by atoms with E-state index in [9.17, 15) is 0 Å². The predicted molar refractivity (Wildman–Crippen MR) is 73.5 cm³/mol. The van der Waals surface area contributed by atoms with E-state index in [0.717, 1.165) is 30.6 Å². The Balaban J connectivity index is 0.000000146. The fraction of sp³-hybridized carbons (Fsp3) is 0.562. The highest BCUT2D eigenvalue weighted by atomic mass is 16.6. The van der Waals surface area contributed by atoms with Crippen LogP contribution in [0.3, 0.4) is 0 Å². The average molecular weight is 259 g/mol. The summed E-state index contributed by atoms with van der Waals surface area (Å²) in [7, 11) is 0. The molecule has 0 aromatic rings. The second-order valence-corrected chi connectivity index (χ2v) is 4.94. The summed E-state index contributed by atoms with van der Waals surface area (Å²) in [6.45, 7) is 4.60. The smallest absolute Gasteiger partial charge is 0.0998 e. The summed E-state index contributed by atoms with van der Waals surface area (Å²) >= 11 is 0. The minimum absolute atomic E-state index is 0.385. The molecular weight excluding hydrogens is 238 g/mol. The van der Waals surface area contributed by atoms with Crippen molar-refractivity contribution in [2.45, 2.75) is 38.7 Å². The first-order valence-electron chi connectivity index (χ1n) is 7.09. The van der Waals surface area contributed by atoms with Gasteiger partial charge in [0.25, 0.3) is 0 Å². The Kier molecular flexibility index (Phi) is 5.38. The topological polar surface area (TPSA) is 42.2 Å². The van der Waals surface area contributed by atoms with E-state index in [1.165, 1.54) is 30.9 Å². The van der Waals surface area contributed by atoms with Crippen molar-refractivity contribution in [2.24, 2.45) is 0 Å². The number of nitrogens with zero attached hydrogens (tertiary/aromatic N) is 1. The van der Waals surface area contributed by atoms with Crippen LogP contribution in [0.2, 0.25) is 0 Å². The van der Waals surface area contributed by atoms with Crippen LogP contribution in [0, 0.1) is 21.8 Å². The number of nitriles is 1. The van der Waals surface area contributed by atoms with Crippen LogP contribution in [0.4, 0.5) is 0 Å². The molecule has 2 aliphatic carbocycles. The van der Waals surface area contributed by atoms with E-state index < -0.39 is 0 Å². The summed E-state index contributed by atoms with van der Waals surface area (Å²) in [6, 6.07) is 7.96. The Morgan fingerprint density at radius 1 is 1.32 bits per heavy atom. The molecule has 1 atom stereocenters. The number of rotatable bonds is 4. The lowest BCUT2D eigenvalue weighted by Gasteiger charge is -2.22. The predicted octanol–water partition coefficient (Wildman–Crippen LogP) is 3.14. The molecule has 0 amide bonds. The molecule has 1 saturated heterocycles. The summed E-state index contributed by atoms with van der Waals surface area (Å²) in [5.74, 6) is 0. The number of unbranched alkanes of at least 4 members (excludes halogenated alkanes) is 2. The van der Waals surface area contributed by atoms with Gasteiger partial charge in [-0.05, 0) is 22.9 Å². The van der Waals surface area contributed by atoms with E-state index in [2.05, 4.69) is 13.0 Å². The quantitative estimate of drug-likeness (QED) is 0.792. The van der Waals surface area contributed by atoms with E-state index in [1.54, 1.807) is 0 Å². The molecule has 1 fully saturated rings.